The molecule has 0 N–H and O–H groups in total. The molecule has 0 amide bonds. The van der Waals surface area contributed by atoms with E-state index in [1.54, 1.807) is 0 Å². The Morgan fingerprint density at radius 2 is 1.78 bits per heavy atom. The van der Waals surface area contributed by atoms with Crippen molar-refractivity contribution in [3.05, 3.63) is 24.3 Å². The van der Waals surface area contributed by atoms with Crippen LogP contribution in [0.5, 0.6) is 5.75 Å². The van der Waals surface area contributed by atoms with Crippen LogP contribution >= 0.6 is 0 Å². The quantitative estimate of drug-likeness (QED) is 0.749. The van der Waals surface area contributed by atoms with Gasteiger partial charge in [-0.3, -0.25) is 4.90 Å². The third-order valence-electron chi connectivity index (χ3n) is 4.87. The van der Waals surface area contributed by atoms with Crippen LogP contribution in [0.1, 0.15) is 12.8 Å². The van der Waals surface area contributed by atoms with Gasteiger partial charge in [0, 0.05) is 38.8 Å². The summed E-state index contributed by atoms with van der Waals surface area (Å²) in [6.07, 6.45) is -3.40. The first-order valence-electron chi connectivity index (χ1n) is 8.90. The molecule has 1 aromatic rings. The van der Waals surface area contributed by atoms with E-state index in [4.69, 9.17) is 4.74 Å². The first kappa shape index (κ1) is 20.4. The third-order valence-corrected chi connectivity index (χ3v) is 6.77. The maximum absolute atomic E-state index is 12.8. The molecule has 1 aromatic carbocycles. The summed E-state index contributed by atoms with van der Waals surface area (Å²) < 4.78 is 73.1. The fraction of sp³-hybridized carbons (Fsp3) is 0.647. The van der Waals surface area contributed by atoms with Crippen LogP contribution in [0.25, 0.3) is 0 Å². The lowest BCUT2D eigenvalue weighted by Gasteiger charge is -2.35. The Kier molecular flexibility index (Phi) is 6.29. The molecular weight excluding hydrogens is 385 g/mol. The van der Waals surface area contributed by atoms with Crippen molar-refractivity contribution in [3.8, 4) is 5.75 Å². The maximum Gasteiger partial charge on any atom is 0.573 e. The van der Waals surface area contributed by atoms with E-state index in [1.165, 1.54) is 16.4 Å². The normalized spacial score (nSPS) is 21.3. The minimum Gasteiger partial charge on any atom is -0.406 e. The standard InChI is InChI=1S/C17H23F3N2O4S/c18-17(19,20)26-15-2-1-3-16(12-15)27(23,24)22-6-4-14(5-7-22)13-21-8-10-25-11-9-21/h1-3,12,14H,4-11,13H2. The lowest BCUT2D eigenvalue weighted by atomic mass is 9.97. The number of alkyl halides is 3. The molecule has 0 aliphatic carbocycles. The van der Waals surface area contributed by atoms with Gasteiger partial charge >= 0.3 is 6.36 Å². The number of piperidine rings is 1. The molecule has 6 nitrogen and oxygen atoms in total. The van der Waals surface area contributed by atoms with Crippen LogP contribution in [0, 0.1) is 5.92 Å². The van der Waals surface area contributed by atoms with Crippen molar-refractivity contribution >= 4 is 10.0 Å². The molecule has 0 saturated carbocycles. The van der Waals surface area contributed by atoms with E-state index in [0.29, 0.717) is 19.0 Å². The summed E-state index contributed by atoms with van der Waals surface area (Å²) in [6.45, 7) is 4.89. The second-order valence-corrected chi connectivity index (χ2v) is 8.72. The Morgan fingerprint density at radius 3 is 2.41 bits per heavy atom. The summed E-state index contributed by atoms with van der Waals surface area (Å²) in [6, 6.07) is 4.54. The van der Waals surface area contributed by atoms with Crippen LogP contribution in [0.3, 0.4) is 0 Å². The average molecular weight is 408 g/mol. The van der Waals surface area contributed by atoms with E-state index in [1.807, 2.05) is 0 Å². The molecular formula is C17H23F3N2O4S. The number of ether oxygens (including phenoxy) is 2. The van der Waals surface area contributed by atoms with Crippen LogP contribution in [0.15, 0.2) is 29.2 Å². The molecule has 0 unspecified atom stereocenters. The van der Waals surface area contributed by atoms with Gasteiger partial charge < -0.3 is 9.47 Å². The number of nitrogens with zero attached hydrogens (tertiary/aromatic N) is 2. The highest BCUT2D eigenvalue weighted by molar-refractivity contribution is 7.89. The SMILES string of the molecule is O=S(=O)(c1cccc(OC(F)(F)F)c1)N1CCC(CN2CCOCC2)CC1. The molecule has 2 heterocycles. The molecule has 2 fully saturated rings. The molecule has 152 valence electrons. The first-order chi connectivity index (χ1) is 12.7. The highest BCUT2D eigenvalue weighted by Gasteiger charge is 2.33. The monoisotopic (exact) mass is 408 g/mol. The number of morpholine rings is 1. The van der Waals surface area contributed by atoms with E-state index in [9.17, 15) is 21.6 Å². The number of rotatable bonds is 5. The number of sulfonamides is 1. The van der Waals surface area contributed by atoms with Crippen molar-refractivity contribution in [1.82, 2.24) is 9.21 Å². The van der Waals surface area contributed by atoms with E-state index < -0.39 is 22.1 Å². The molecule has 0 radical (unpaired) electrons. The predicted molar refractivity (Wildman–Crippen MR) is 91.9 cm³/mol. The molecule has 0 atom stereocenters. The zero-order valence-corrected chi connectivity index (χ0v) is 15.6. The van der Waals surface area contributed by atoms with Crippen LogP contribution in [0.4, 0.5) is 13.2 Å². The minimum absolute atomic E-state index is 0.184. The van der Waals surface area contributed by atoms with Gasteiger partial charge in [-0.1, -0.05) is 6.07 Å². The summed E-state index contributed by atoms with van der Waals surface area (Å²) in [5.74, 6) is -0.125. The fourth-order valence-corrected chi connectivity index (χ4v) is 4.97. The summed E-state index contributed by atoms with van der Waals surface area (Å²) >= 11 is 0. The molecule has 2 aliphatic rings. The summed E-state index contributed by atoms with van der Waals surface area (Å²) in [5, 5.41) is 0. The third kappa shape index (κ3) is 5.56. The van der Waals surface area contributed by atoms with Gasteiger partial charge in [0.25, 0.3) is 0 Å². The summed E-state index contributed by atoms with van der Waals surface area (Å²) in [7, 11) is -3.84. The molecule has 27 heavy (non-hydrogen) atoms. The smallest absolute Gasteiger partial charge is 0.406 e. The topological polar surface area (TPSA) is 59.1 Å². The van der Waals surface area contributed by atoms with Crippen LogP contribution in [0.2, 0.25) is 0 Å². The van der Waals surface area contributed by atoms with Crippen LogP contribution in [-0.2, 0) is 14.8 Å². The van der Waals surface area contributed by atoms with Crippen molar-refractivity contribution in [2.24, 2.45) is 5.92 Å². The molecule has 0 spiro atoms. The minimum atomic E-state index is -4.86. The van der Waals surface area contributed by atoms with Crippen molar-refractivity contribution < 1.29 is 31.1 Å². The molecule has 0 bridgehead atoms. The van der Waals surface area contributed by atoms with Crippen molar-refractivity contribution in [1.29, 1.82) is 0 Å². The van der Waals surface area contributed by atoms with Crippen molar-refractivity contribution in [2.45, 2.75) is 24.1 Å². The van der Waals surface area contributed by atoms with Gasteiger partial charge in [0.15, 0.2) is 0 Å². The van der Waals surface area contributed by atoms with E-state index >= 15 is 0 Å². The molecule has 0 aromatic heterocycles. The Labute approximate surface area is 156 Å². The van der Waals surface area contributed by atoms with Crippen LogP contribution in [-0.4, -0.2) is 69.9 Å². The van der Waals surface area contributed by atoms with Gasteiger partial charge in [-0.05, 0) is 30.9 Å². The van der Waals surface area contributed by atoms with E-state index in [0.717, 1.165) is 57.8 Å². The van der Waals surface area contributed by atoms with Crippen molar-refractivity contribution in [2.75, 3.05) is 45.9 Å². The second kappa shape index (κ2) is 8.34. The molecule has 3 rings (SSSR count). The van der Waals surface area contributed by atoms with Crippen molar-refractivity contribution in [3.63, 3.8) is 0 Å². The predicted octanol–water partition coefficient (Wildman–Crippen LogP) is 2.32. The lowest BCUT2D eigenvalue weighted by Crippen LogP contribution is -2.44. The zero-order valence-electron chi connectivity index (χ0n) is 14.8. The summed E-state index contributed by atoms with van der Waals surface area (Å²) in [4.78, 5) is 2.15. The Hall–Kier alpha value is -1.36. The Balaban J connectivity index is 1.60. The van der Waals surface area contributed by atoms with Gasteiger partial charge in [-0.15, -0.1) is 13.2 Å². The Bertz CT molecular complexity index is 728. The molecule has 2 saturated heterocycles. The Morgan fingerprint density at radius 1 is 1.11 bits per heavy atom. The number of hydrogen-bond donors (Lipinski definition) is 0. The first-order valence-corrected chi connectivity index (χ1v) is 10.3. The molecule has 10 heteroatoms. The van der Waals surface area contributed by atoms with Gasteiger partial charge in [-0.25, -0.2) is 8.42 Å². The highest BCUT2D eigenvalue weighted by Crippen LogP contribution is 2.28. The lowest BCUT2D eigenvalue weighted by molar-refractivity contribution is -0.274. The van der Waals surface area contributed by atoms with E-state index in [2.05, 4.69) is 9.64 Å². The largest absolute Gasteiger partial charge is 0.573 e. The number of benzene rings is 1. The molecule has 2 aliphatic heterocycles. The maximum atomic E-state index is 12.8. The summed E-state index contributed by atoms with van der Waals surface area (Å²) in [5.41, 5.74) is 0. The van der Waals surface area contributed by atoms with Gasteiger partial charge in [0.05, 0.1) is 18.1 Å². The zero-order chi connectivity index (χ0) is 19.5. The average Bonchev–Trinajstić information content (AvgIpc) is 2.62. The van der Waals surface area contributed by atoms with E-state index in [-0.39, 0.29) is 4.90 Å². The van der Waals surface area contributed by atoms with Gasteiger partial charge in [0.1, 0.15) is 5.75 Å². The number of halogens is 3. The second-order valence-electron chi connectivity index (χ2n) is 6.78. The van der Waals surface area contributed by atoms with Gasteiger partial charge in [0.2, 0.25) is 10.0 Å². The van der Waals surface area contributed by atoms with Crippen LogP contribution < -0.4 is 4.74 Å². The number of hydrogen-bond acceptors (Lipinski definition) is 5. The van der Waals surface area contributed by atoms with Gasteiger partial charge in [-0.2, -0.15) is 4.31 Å². The fourth-order valence-electron chi connectivity index (χ4n) is 3.46. The highest BCUT2D eigenvalue weighted by atomic mass is 32.2.